The lowest BCUT2D eigenvalue weighted by atomic mass is 10.0. The molecule has 2 nitrogen and oxygen atoms in total. The first kappa shape index (κ1) is 6.20. The highest BCUT2D eigenvalue weighted by molar-refractivity contribution is 5.80. The summed E-state index contributed by atoms with van der Waals surface area (Å²) in [6, 6.07) is 0. The number of hydrogen-bond donors (Lipinski definition) is 1. The van der Waals surface area contributed by atoms with E-state index in [1.807, 2.05) is 0 Å². The summed E-state index contributed by atoms with van der Waals surface area (Å²) in [5.41, 5.74) is 0. The predicted molar refractivity (Wildman–Crippen MR) is 38.5 cm³/mol. The average Bonchev–Trinajstić information content (AvgIpc) is 2.62. The third-order valence-electron chi connectivity index (χ3n) is 2.48. The molecule has 56 valence electrons. The summed E-state index contributed by atoms with van der Waals surface area (Å²) < 4.78 is 0. The van der Waals surface area contributed by atoms with Gasteiger partial charge in [0, 0.05) is 12.5 Å². The van der Waals surface area contributed by atoms with Gasteiger partial charge in [-0.25, -0.2) is 0 Å². The van der Waals surface area contributed by atoms with Crippen LogP contribution < -0.4 is 5.32 Å². The summed E-state index contributed by atoms with van der Waals surface area (Å²) in [6.45, 7) is 0.913. The van der Waals surface area contributed by atoms with Crippen molar-refractivity contribution in [3.63, 3.8) is 0 Å². The minimum Gasteiger partial charge on any atom is -0.356 e. The van der Waals surface area contributed by atoms with Crippen LogP contribution in [-0.4, -0.2) is 12.5 Å². The zero-order chi connectivity index (χ0) is 6.97. The summed E-state index contributed by atoms with van der Waals surface area (Å²) in [7, 11) is 0. The predicted octanol–water partition coefficient (Wildman–Crippen LogP) is 0.923. The Labute approximate surface area is 61.0 Å². The molecule has 1 unspecified atom stereocenters. The molecule has 0 radical (unpaired) electrons. The van der Waals surface area contributed by atoms with Crippen LogP contribution >= 0.6 is 0 Å². The van der Waals surface area contributed by atoms with E-state index in [0.29, 0.717) is 11.8 Å². The van der Waals surface area contributed by atoms with Gasteiger partial charge in [0.25, 0.3) is 0 Å². The second-order valence-corrected chi connectivity index (χ2v) is 3.46. The Morgan fingerprint density at radius 2 is 2.20 bits per heavy atom. The summed E-state index contributed by atoms with van der Waals surface area (Å²) >= 11 is 0. The van der Waals surface area contributed by atoms with Gasteiger partial charge >= 0.3 is 0 Å². The molecule has 0 aromatic heterocycles. The largest absolute Gasteiger partial charge is 0.356 e. The Morgan fingerprint density at radius 3 is 2.70 bits per heavy atom. The van der Waals surface area contributed by atoms with Crippen LogP contribution in [0, 0.1) is 11.8 Å². The Morgan fingerprint density at radius 1 is 1.40 bits per heavy atom. The second-order valence-electron chi connectivity index (χ2n) is 3.46. The van der Waals surface area contributed by atoms with E-state index in [9.17, 15) is 4.79 Å². The van der Waals surface area contributed by atoms with Crippen LogP contribution in [0.3, 0.4) is 0 Å². The fourth-order valence-corrected chi connectivity index (χ4v) is 1.63. The second kappa shape index (κ2) is 2.26. The van der Waals surface area contributed by atoms with Crippen LogP contribution in [0.4, 0.5) is 0 Å². The first-order chi connectivity index (χ1) is 4.86. The SMILES string of the molecule is O=C1NCCC1CC1CC1. The lowest BCUT2D eigenvalue weighted by Crippen LogP contribution is -2.19. The topological polar surface area (TPSA) is 29.1 Å². The summed E-state index contributed by atoms with van der Waals surface area (Å²) in [4.78, 5) is 11.0. The van der Waals surface area contributed by atoms with Gasteiger partial charge in [-0.3, -0.25) is 4.79 Å². The monoisotopic (exact) mass is 139 g/mol. The Hall–Kier alpha value is -0.530. The van der Waals surface area contributed by atoms with Gasteiger partial charge in [-0.05, 0) is 18.8 Å². The highest BCUT2D eigenvalue weighted by Gasteiger charge is 2.31. The van der Waals surface area contributed by atoms with Crippen molar-refractivity contribution >= 4 is 5.91 Å². The van der Waals surface area contributed by atoms with Crippen LogP contribution in [0.1, 0.15) is 25.7 Å². The highest BCUT2D eigenvalue weighted by atomic mass is 16.2. The van der Waals surface area contributed by atoms with E-state index < -0.39 is 0 Å². The van der Waals surface area contributed by atoms with Gasteiger partial charge in [0.05, 0.1) is 0 Å². The fraction of sp³-hybridized carbons (Fsp3) is 0.875. The van der Waals surface area contributed by atoms with Crippen LogP contribution in [0.5, 0.6) is 0 Å². The number of nitrogens with one attached hydrogen (secondary N) is 1. The van der Waals surface area contributed by atoms with Gasteiger partial charge in [0.15, 0.2) is 0 Å². The molecule has 1 atom stereocenters. The molecule has 2 aliphatic rings. The molecule has 1 saturated heterocycles. The van der Waals surface area contributed by atoms with Crippen molar-refractivity contribution in [2.75, 3.05) is 6.54 Å². The minimum absolute atomic E-state index is 0.298. The van der Waals surface area contributed by atoms with Gasteiger partial charge in [-0.1, -0.05) is 12.8 Å². The Kier molecular flexibility index (Phi) is 1.40. The quantitative estimate of drug-likeness (QED) is 0.605. The van der Waals surface area contributed by atoms with Crippen LogP contribution in [-0.2, 0) is 4.79 Å². The highest BCUT2D eigenvalue weighted by Crippen LogP contribution is 2.36. The number of amides is 1. The maximum atomic E-state index is 11.0. The van der Waals surface area contributed by atoms with Gasteiger partial charge in [0.1, 0.15) is 0 Å². The smallest absolute Gasteiger partial charge is 0.223 e. The van der Waals surface area contributed by atoms with E-state index in [2.05, 4.69) is 5.32 Å². The molecule has 1 aliphatic heterocycles. The molecule has 2 heteroatoms. The van der Waals surface area contributed by atoms with Crippen molar-refractivity contribution in [3.05, 3.63) is 0 Å². The van der Waals surface area contributed by atoms with Crippen molar-refractivity contribution in [1.82, 2.24) is 5.32 Å². The molecule has 0 spiro atoms. The van der Waals surface area contributed by atoms with Gasteiger partial charge in [-0.2, -0.15) is 0 Å². The van der Waals surface area contributed by atoms with Crippen LogP contribution in [0.25, 0.3) is 0 Å². The van der Waals surface area contributed by atoms with Crippen LogP contribution in [0.15, 0.2) is 0 Å². The lowest BCUT2D eigenvalue weighted by Gasteiger charge is -2.02. The molecule has 2 fully saturated rings. The van der Waals surface area contributed by atoms with Crippen molar-refractivity contribution in [2.45, 2.75) is 25.7 Å². The van der Waals surface area contributed by atoms with E-state index in [1.165, 1.54) is 12.8 Å². The molecule has 1 saturated carbocycles. The van der Waals surface area contributed by atoms with E-state index in [4.69, 9.17) is 0 Å². The lowest BCUT2D eigenvalue weighted by molar-refractivity contribution is -0.122. The van der Waals surface area contributed by atoms with Gasteiger partial charge in [0.2, 0.25) is 5.91 Å². The molecule has 0 aromatic rings. The van der Waals surface area contributed by atoms with E-state index in [1.54, 1.807) is 0 Å². The Bertz CT molecular complexity index is 151. The van der Waals surface area contributed by atoms with Gasteiger partial charge in [-0.15, -0.1) is 0 Å². The van der Waals surface area contributed by atoms with E-state index >= 15 is 0 Å². The molecule has 0 bridgehead atoms. The molecular weight excluding hydrogens is 126 g/mol. The van der Waals surface area contributed by atoms with E-state index in [0.717, 1.165) is 25.3 Å². The molecular formula is C8H13NO. The molecule has 0 aromatic carbocycles. The van der Waals surface area contributed by atoms with Crippen molar-refractivity contribution in [2.24, 2.45) is 11.8 Å². The molecule has 1 aliphatic carbocycles. The molecule has 1 amide bonds. The van der Waals surface area contributed by atoms with Crippen LogP contribution in [0.2, 0.25) is 0 Å². The normalized spacial score (nSPS) is 32.4. The third-order valence-corrected chi connectivity index (χ3v) is 2.48. The van der Waals surface area contributed by atoms with Crippen molar-refractivity contribution in [1.29, 1.82) is 0 Å². The summed E-state index contributed by atoms with van der Waals surface area (Å²) in [5, 5.41) is 2.86. The van der Waals surface area contributed by atoms with E-state index in [-0.39, 0.29) is 0 Å². The first-order valence-electron chi connectivity index (χ1n) is 4.14. The first-order valence-corrected chi connectivity index (χ1v) is 4.14. The minimum atomic E-state index is 0.298. The summed E-state index contributed by atoms with van der Waals surface area (Å²) in [6.07, 6.45) is 4.97. The fourth-order valence-electron chi connectivity index (χ4n) is 1.63. The molecule has 1 N–H and O–H groups in total. The molecule has 1 heterocycles. The molecule has 2 rings (SSSR count). The van der Waals surface area contributed by atoms with Crippen molar-refractivity contribution < 1.29 is 4.79 Å². The zero-order valence-electron chi connectivity index (χ0n) is 6.10. The number of rotatable bonds is 2. The van der Waals surface area contributed by atoms with Gasteiger partial charge < -0.3 is 5.32 Å². The number of carbonyl (C=O) groups is 1. The summed E-state index contributed by atoms with van der Waals surface area (Å²) in [5.74, 6) is 1.56. The standard InChI is InChI=1S/C8H13NO/c10-8-7(3-4-9-8)5-6-1-2-6/h6-7H,1-5H2,(H,9,10). The van der Waals surface area contributed by atoms with Crippen molar-refractivity contribution in [3.8, 4) is 0 Å². The number of carbonyl (C=O) groups excluding carboxylic acids is 1. The zero-order valence-corrected chi connectivity index (χ0v) is 6.10. The average molecular weight is 139 g/mol. The maximum Gasteiger partial charge on any atom is 0.223 e. The Balaban J connectivity index is 1.84. The number of hydrogen-bond acceptors (Lipinski definition) is 1. The maximum absolute atomic E-state index is 11.0. The molecule has 10 heavy (non-hydrogen) atoms. The third kappa shape index (κ3) is 1.15.